The molecule has 0 radical (unpaired) electrons. The van der Waals surface area contributed by atoms with E-state index in [1.807, 2.05) is 24.0 Å². The van der Waals surface area contributed by atoms with Crippen LogP contribution in [0.25, 0.3) is 0 Å². The maximum Gasteiger partial charge on any atom is 0.254 e. The van der Waals surface area contributed by atoms with Crippen molar-refractivity contribution in [1.29, 1.82) is 0 Å². The van der Waals surface area contributed by atoms with E-state index in [9.17, 15) is 9.59 Å². The first kappa shape index (κ1) is 21.9. The third-order valence-corrected chi connectivity index (χ3v) is 5.21. The number of anilines is 1. The fourth-order valence-electron chi connectivity index (χ4n) is 3.33. The molecule has 0 spiro atoms. The Bertz CT molecular complexity index is 898. The molecule has 2 aromatic carbocycles. The van der Waals surface area contributed by atoms with Crippen LogP contribution < -0.4 is 14.8 Å². The Balaban J connectivity index is 1.53. The van der Waals surface area contributed by atoms with Crippen LogP contribution in [-0.2, 0) is 4.79 Å². The number of amides is 2. The molecule has 1 heterocycles. The SMILES string of the molecule is CCOc1cc(C(=O)N2CCN(CC(=O)Nc3ccccc3Cl)CC2)ccc1OC. The number of benzene rings is 2. The molecule has 0 unspecified atom stereocenters. The number of halogens is 1. The van der Waals surface area contributed by atoms with Crippen LogP contribution in [0.1, 0.15) is 17.3 Å². The monoisotopic (exact) mass is 431 g/mol. The third-order valence-electron chi connectivity index (χ3n) is 4.89. The van der Waals surface area contributed by atoms with E-state index in [0.29, 0.717) is 60.6 Å². The zero-order valence-corrected chi connectivity index (χ0v) is 17.9. The summed E-state index contributed by atoms with van der Waals surface area (Å²) in [7, 11) is 1.57. The quantitative estimate of drug-likeness (QED) is 0.729. The van der Waals surface area contributed by atoms with Crippen LogP contribution in [0.2, 0.25) is 5.02 Å². The number of nitrogens with zero attached hydrogens (tertiary/aromatic N) is 2. The van der Waals surface area contributed by atoms with E-state index in [2.05, 4.69) is 5.32 Å². The molecule has 0 bridgehead atoms. The Morgan fingerprint density at radius 2 is 1.80 bits per heavy atom. The van der Waals surface area contributed by atoms with Crippen molar-refractivity contribution in [1.82, 2.24) is 9.80 Å². The lowest BCUT2D eigenvalue weighted by atomic mass is 10.1. The number of piperazine rings is 1. The number of hydrogen-bond donors (Lipinski definition) is 1. The fourth-order valence-corrected chi connectivity index (χ4v) is 3.51. The van der Waals surface area contributed by atoms with Gasteiger partial charge in [-0.1, -0.05) is 23.7 Å². The molecule has 2 aromatic rings. The fraction of sp³-hybridized carbons (Fsp3) is 0.364. The van der Waals surface area contributed by atoms with Crippen molar-refractivity contribution >= 4 is 29.1 Å². The molecule has 1 aliphatic heterocycles. The number of nitrogens with one attached hydrogen (secondary N) is 1. The average Bonchev–Trinajstić information content (AvgIpc) is 2.75. The molecule has 1 saturated heterocycles. The van der Waals surface area contributed by atoms with Crippen LogP contribution in [0.4, 0.5) is 5.69 Å². The van der Waals surface area contributed by atoms with Gasteiger partial charge in [-0.25, -0.2) is 0 Å². The minimum Gasteiger partial charge on any atom is -0.493 e. The molecule has 8 heteroatoms. The van der Waals surface area contributed by atoms with Crippen LogP contribution in [-0.4, -0.2) is 68.1 Å². The Kier molecular flexibility index (Phi) is 7.54. The molecule has 0 aromatic heterocycles. The van der Waals surface area contributed by atoms with Crippen molar-refractivity contribution in [3.05, 3.63) is 53.1 Å². The van der Waals surface area contributed by atoms with Gasteiger partial charge in [0.25, 0.3) is 5.91 Å². The number of carbonyl (C=O) groups excluding carboxylic acids is 2. The maximum atomic E-state index is 12.9. The Morgan fingerprint density at radius 1 is 1.07 bits per heavy atom. The summed E-state index contributed by atoms with van der Waals surface area (Å²) < 4.78 is 10.8. The molecule has 1 N–H and O–H groups in total. The minimum atomic E-state index is -0.126. The molecule has 1 fully saturated rings. The highest BCUT2D eigenvalue weighted by molar-refractivity contribution is 6.33. The number of hydrogen-bond acceptors (Lipinski definition) is 5. The summed E-state index contributed by atoms with van der Waals surface area (Å²) in [6.07, 6.45) is 0. The Labute approximate surface area is 181 Å². The van der Waals surface area contributed by atoms with Gasteiger partial charge in [0.1, 0.15) is 0 Å². The van der Waals surface area contributed by atoms with E-state index in [1.54, 1.807) is 42.3 Å². The molecule has 7 nitrogen and oxygen atoms in total. The third kappa shape index (κ3) is 5.43. The van der Waals surface area contributed by atoms with Crippen LogP contribution in [0.3, 0.4) is 0 Å². The van der Waals surface area contributed by atoms with Crippen molar-refractivity contribution in [2.75, 3.05) is 51.8 Å². The summed E-state index contributed by atoms with van der Waals surface area (Å²) in [6, 6.07) is 12.3. The number of ether oxygens (including phenoxy) is 2. The van der Waals surface area contributed by atoms with E-state index < -0.39 is 0 Å². The van der Waals surface area contributed by atoms with Crippen LogP contribution >= 0.6 is 11.6 Å². The van der Waals surface area contributed by atoms with E-state index in [1.165, 1.54) is 0 Å². The van der Waals surface area contributed by atoms with Gasteiger partial charge in [-0.3, -0.25) is 14.5 Å². The second-order valence-corrected chi connectivity index (χ2v) is 7.30. The van der Waals surface area contributed by atoms with Crippen molar-refractivity contribution in [3.63, 3.8) is 0 Å². The highest BCUT2D eigenvalue weighted by atomic mass is 35.5. The summed E-state index contributed by atoms with van der Waals surface area (Å²) >= 11 is 6.08. The number of rotatable bonds is 7. The van der Waals surface area contributed by atoms with Crippen molar-refractivity contribution in [2.45, 2.75) is 6.92 Å². The van der Waals surface area contributed by atoms with Gasteiger partial charge < -0.3 is 19.7 Å². The van der Waals surface area contributed by atoms with Gasteiger partial charge in [0, 0.05) is 31.7 Å². The topological polar surface area (TPSA) is 71.1 Å². The lowest BCUT2D eigenvalue weighted by Gasteiger charge is -2.34. The number of para-hydroxylation sites is 1. The normalized spacial score (nSPS) is 14.3. The highest BCUT2D eigenvalue weighted by Crippen LogP contribution is 2.28. The predicted octanol–water partition coefficient (Wildman–Crippen LogP) is 3.14. The van der Waals surface area contributed by atoms with Gasteiger partial charge in [0.15, 0.2) is 11.5 Å². The van der Waals surface area contributed by atoms with E-state index >= 15 is 0 Å². The van der Waals surface area contributed by atoms with Crippen molar-refractivity contribution in [2.24, 2.45) is 0 Å². The van der Waals surface area contributed by atoms with Crippen LogP contribution in [0.15, 0.2) is 42.5 Å². The summed E-state index contributed by atoms with van der Waals surface area (Å²) in [5.74, 6) is 0.974. The first-order valence-corrected chi connectivity index (χ1v) is 10.3. The van der Waals surface area contributed by atoms with Crippen LogP contribution in [0, 0.1) is 0 Å². The highest BCUT2D eigenvalue weighted by Gasteiger charge is 2.24. The van der Waals surface area contributed by atoms with Crippen molar-refractivity contribution in [3.8, 4) is 11.5 Å². The van der Waals surface area contributed by atoms with Gasteiger partial charge in [0.05, 0.1) is 31.0 Å². The van der Waals surface area contributed by atoms with Crippen LogP contribution in [0.5, 0.6) is 11.5 Å². The Morgan fingerprint density at radius 3 is 2.47 bits per heavy atom. The maximum absolute atomic E-state index is 12.9. The predicted molar refractivity (Wildman–Crippen MR) is 117 cm³/mol. The summed E-state index contributed by atoms with van der Waals surface area (Å²) in [5.41, 5.74) is 1.16. The zero-order valence-electron chi connectivity index (χ0n) is 17.2. The smallest absolute Gasteiger partial charge is 0.254 e. The summed E-state index contributed by atoms with van der Waals surface area (Å²) in [6.45, 7) is 4.97. The van der Waals surface area contributed by atoms with Gasteiger partial charge >= 0.3 is 0 Å². The molecule has 160 valence electrons. The molecule has 0 saturated carbocycles. The lowest BCUT2D eigenvalue weighted by Crippen LogP contribution is -2.50. The van der Waals surface area contributed by atoms with E-state index in [0.717, 1.165) is 0 Å². The number of carbonyl (C=O) groups is 2. The second-order valence-electron chi connectivity index (χ2n) is 6.90. The van der Waals surface area contributed by atoms with Gasteiger partial charge in [-0.05, 0) is 37.3 Å². The first-order chi connectivity index (χ1) is 14.5. The molecular weight excluding hydrogens is 406 g/mol. The zero-order chi connectivity index (χ0) is 21.5. The lowest BCUT2D eigenvalue weighted by molar-refractivity contribution is -0.117. The molecule has 2 amide bonds. The van der Waals surface area contributed by atoms with Gasteiger partial charge in [-0.2, -0.15) is 0 Å². The largest absolute Gasteiger partial charge is 0.493 e. The minimum absolute atomic E-state index is 0.0567. The summed E-state index contributed by atoms with van der Waals surface area (Å²) in [4.78, 5) is 29.0. The average molecular weight is 432 g/mol. The first-order valence-electron chi connectivity index (χ1n) is 9.88. The van der Waals surface area contributed by atoms with Gasteiger partial charge in [-0.15, -0.1) is 0 Å². The molecule has 3 rings (SSSR count). The van der Waals surface area contributed by atoms with Crippen molar-refractivity contribution < 1.29 is 19.1 Å². The molecule has 1 aliphatic rings. The summed E-state index contributed by atoms with van der Waals surface area (Å²) in [5, 5.41) is 3.33. The van der Waals surface area contributed by atoms with E-state index in [4.69, 9.17) is 21.1 Å². The molecule has 0 aliphatic carbocycles. The Hall–Kier alpha value is -2.77. The molecule has 30 heavy (non-hydrogen) atoms. The second kappa shape index (κ2) is 10.3. The number of methoxy groups -OCH3 is 1. The molecule has 0 atom stereocenters. The van der Waals surface area contributed by atoms with Gasteiger partial charge in [0.2, 0.25) is 5.91 Å². The standard InChI is InChI=1S/C22H26ClN3O4/c1-3-30-20-14-16(8-9-19(20)29-2)22(28)26-12-10-25(11-13-26)15-21(27)24-18-7-5-4-6-17(18)23/h4-9,14H,3,10-13,15H2,1-2H3,(H,24,27). The molecular formula is C22H26ClN3O4. The van der Waals surface area contributed by atoms with E-state index in [-0.39, 0.29) is 18.4 Å².